The van der Waals surface area contributed by atoms with Crippen molar-refractivity contribution in [3.05, 3.63) is 64.2 Å². The van der Waals surface area contributed by atoms with Crippen LogP contribution in [0.2, 0.25) is 0 Å². The summed E-state index contributed by atoms with van der Waals surface area (Å²) < 4.78 is 10.5. The number of nitrogens with zero attached hydrogens (tertiary/aromatic N) is 1. The number of para-hydroxylation sites is 1. The van der Waals surface area contributed by atoms with E-state index in [-0.39, 0.29) is 12.2 Å². The summed E-state index contributed by atoms with van der Waals surface area (Å²) in [5, 5.41) is 12.8. The largest absolute Gasteiger partial charge is 0.496 e. The number of amides is 1. The number of hydrogen-bond donors (Lipinski definition) is 1. The number of nitro benzene ring substituents is 1. The number of thioether (sulfide) groups is 1. The minimum Gasteiger partial charge on any atom is -0.496 e. The van der Waals surface area contributed by atoms with E-state index in [9.17, 15) is 19.7 Å². The molecule has 0 spiro atoms. The van der Waals surface area contributed by atoms with Crippen molar-refractivity contribution >= 4 is 29.3 Å². The predicted molar refractivity (Wildman–Crippen MR) is 109 cm³/mol. The molecule has 1 amide bonds. The molecular weight excluding hydrogens is 396 g/mol. The molecule has 0 saturated heterocycles. The van der Waals surface area contributed by atoms with Gasteiger partial charge in [-0.15, -0.1) is 11.8 Å². The van der Waals surface area contributed by atoms with Crippen LogP contribution < -0.4 is 10.1 Å². The number of ether oxygens (including phenoxy) is 2. The molecule has 2 aromatic rings. The van der Waals surface area contributed by atoms with Crippen LogP contribution in [0.15, 0.2) is 53.4 Å². The summed E-state index contributed by atoms with van der Waals surface area (Å²) in [6.45, 7) is 3.39. The quantitative estimate of drug-likeness (QED) is 0.288. The zero-order chi connectivity index (χ0) is 21.4. The third-order valence-electron chi connectivity index (χ3n) is 4.00. The van der Waals surface area contributed by atoms with Gasteiger partial charge in [-0.3, -0.25) is 19.7 Å². The van der Waals surface area contributed by atoms with Crippen molar-refractivity contribution < 1.29 is 24.0 Å². The molecule has 1 N–H and O–H groups in total. The second-order valence-electron chi connectivity index (χ2n) is 6.12. The first kappa shape index (κ1) is 22.2. The molecule has 0 aliphatic carbocycles. The molecule has 0 aliphatic heterocycles. The number of carbonyl (C=O) groups is 2. The summed E-state index contributed by atoms with van der Waals surface area (Å²) in [5.41, 5.74) is 0.786. The van der Waals surface area contributed by atoms with Crippen LogP contribution in [0, 0.1) is 10.1 Å². The minimum atomic E-state index is -0.961. The van der Waals surface area contributed by atoms with Crippen molar-refractivity contribution in [1.82, 2.24) is 5.32 Å². The van der Waals surface area contributed by atoms with Crippen LogP contribution in [-0.2, 0) is 20.9 Å². The van der Waals surface area contributed by atoms with Gasteiger partial charge < -0.3 is 14.8 Å². The number of rotatable bonds is 9. The van der Waals surface area contributed by atoms with Gasteiger partial charge >= 0.3 is 5.97 Å². The minimum absolute atomic E-state index is 0.0232. The predicted octanol–water partition coefficient (Wildman–Crippen LogP) is 3.33. The van der Waals surface area contributed by atoms with Crippen molar-refractivity contribution in [3.8, 4) is 5.75 Å². The monoisotopic (exact) mass is 418 g/mol. The van der Waals surface area contributed by atoms with Crippen molar-refractivity contribution in [3.63, 3.8) is 0 Å². The van der Waals surface area contributed by atoms with Crippen molar-refractivity contribution in [2.75, 3.05) is 7.11 Å². The highest BCUT2D eigenvalue weighted by Gasteiger charge is 2.23. The molecule has 2 rings (SSSR count). The van der Waals surface area contributed by atoms with Gasteiger partial charge in [0, 0.05) is 29.1 Å². The van der Waals surface area contributed by atoms with Crippen LogP contribution in [0.25, 0.3) is 0 Å². The Hall–Kier alpha value is -3.07. The molecule has 0 saturated carbocycles. The summed E-state index contributed by atoms with van der Waals surface area (Å²) in [6.07, 6.45) is -0.961. The topological polar surface area (TPSA) is 108 Å². The van der Waals surface area contributed by atoms with Gasteiger partial charge in [-0.25, -0.2) is 0 Å². The summed E-state index contributed by atoms with van der Waals surface area (Å²) >= 11 is 1.20. The second kappa shape index (κ2) is 10.5. The van der Waals surface area contributed by atoms with Gasteiger partial charge in [-0.2, -0.15) is 0 Å². The van der Waals surface area contributed by atoms with Crippen molar-refractivity contribution in [2.45, 2.75) is 36.6 Å². The molecule has 2 unspecified atom stereocenters. The van der Waals surface area contributed by atoms with E-state index in [1.165, 1.54) is 30.8 Å². The molecule has 0 aliphatic rings. The Morgan fingerprint density at radius 3 is 2.41 bits per heavy atom. The summed E-state index contributed by atoms with van der Waals surface area (Å²) in [5.74, 6) is -0.310. The van der Waals surface area contributed by atoms with E-state index in [1.54, 1.807) is 32.2 Å². The van der Waals surface area contributed by atoms with Gasteiger partial charge in [0.1, 0.15) is 11.0 Å². The van der Waals surface area contributed by atoms with Gasteiger partial charge in [-0.1, -0.05) is 18.2 Å². The smallest absolute Gasteiger partial charge is 0.319 e. The number of benzene rings is 2. The highest BCUT2D eigenvalue weighted by molar-refractivity contribution is 8.00. The summed E-state index contributed by atoms with van der Waals surface area (Å²) in [7, 11) is 1.55. The lowest BCUT2D eigenvalue weighted by molar-refractivity contribution is -0.384. The average Bonchev–Trinajstić information content (AvgIpc) is 2.72. The van der Waals surface area contributed by atoms with Crippen LogP contribution in [0.1, 0.15) is 19.4 Å². The first-order valence-electron chi connectivity index (χ1n) is 8.83. The van der Waals surface area contributed by atoms with E-state index in [0.717, 1.165) is 5.56 Å². The van der Waals surface area contributed by atoms with E-state index in [2.05, 4.69) is 5.32 Å². The van der Waals surface area contributed by atoms with Gasteiger partial charge in [0.2, 0.25) is 0 Å². The van der Waals surface area contributed by atoms with Gasteiger partial charge in [0.05, 0.1) is 12.0 Å². The molecule has 0 radical (unpaired) electrons. The Morgan fingerprint density at radius 1 is 1.14 bits per heavy atom. The first-order valence-corrected chi connectivity index (χ1v) is 9.71. The summed E-state index contributed by atoms with van der Waals surface area (Å²) in [6, 6.07) is 13.2. The molecule has 2 aromatic carbocycles. The molecular formula is C20H22N2O6S. The molecule has 2 atom stereocenters. The van der Waals surface area contributed by atoms with Gasteiger partial charge in [0.15, 0.2) is 6.10 Å². The maximum Gasteiger partial charge on any atom is 0.319 e. The van der Waals surface area contributed by atoms with Crippen LogP contribution in [0.3, 0.4) is 0 Å². The normalized spacial score (nSPS) is 12.5. The van der Waals surface area contributed by atoms with E-state index >= 15 is 0 Å². The Labute approximate surface area is 172 Å². The molecule has 0 heterocycles. The van der Waals surface area contributed by atoms with Gasteiger partial charge in [-0.05, 0) is 32.0 Å². The first-order chi connectivity index (χ1) is 13.8. The molecule has 154 valence electrons. The molecule has 0 bridgehead atoms. The lowest BCUT2D eigenvalue weighted by Crippen LogP contribution is -2.37. The van der Waals surface area contributed by atoms with E-state index in [0.29, 0.717) is 10.6 Å². The maximum absolute atomic E-state index is 12.3. The fourth-order valence-corrected chi connectivity index (χ4v) is 3.25. The number of hydrogen-bond acceptors (Lipinski definition) is 7. The average molecular weight is 418 g/mol. The fourth-order valence-electron chi connectivity index (χ4n) is 2.40. The maximum atomic E-state index is 12.3. The third kappa shape index (κ3) is 6.49. The van der Waals surface area contributed by atoms with E-state index < -0.39 is 28.2 Å². The molecule has 9 heteroatoms. The standard InChI is InChI=1S/C20H22N2O6S/c1-13(19(23)21-12-15-6-4-5-7-18(15)27-3)28-20(24)14(2)29-17-10-8-16(9-11-17)22(25)26/h4-11,13-14H,12H2,1-3H3,(H,21,23). The van der Waals surface area contributed by atoms with Crippen LogP contribution in [-0.4, -0.2) is 35.3 Å². The molecule has 0 aromatic heterocycles. The van der Waals surface area contributed by atoms with E-state index in [4.69, 9.17) is 9.47 Å². The Kier molecular flexibility index (Phi) is 8.02. The Bertz CT molecular complexity index is 872. The number of esters is 1. The van der Waals surface area contributed by atoms with E-state index in [1.807, 2.05) is 18.2 Å². The van der Waals surface area contributed by atoms with Crippen molar-refractivity contribution in [2.24, 2.45) is 0 Å². The third-order valence-corrected chi connectivity index (χ3v) is 5.09. The Morgan fingerprint density at radius 2 is 1.79 bits per heavy atom. The zero-order valence-electron chi connectivity index (χ0n) is 16.3. The lowest BCUT2D eigenvalue weighted by atomic mass is 10.2. The zero-order valence-corrected chi connectivity index (χ0v) is 17.1. The van der Waals surface area contributed by atoms with Crippen LogP contribution in [0.5, 0.6) is 5.75 Å². The highest BCUT2D eigenvalue weighted by atomic mass is 32.2. The number of nitrogens with one attached hydrogen (secondary N) is 1. The Balaban J connectivity index is 1.85. The molecule has 0 fully saturated rings. The molecule has 8 nitrogen and oxygen atoms in total. The fraction of sp³-hybridized carbons (Fsp3) is 0.300. The second-order valence-corrected chi connectivity index (χ2v) is 7.53. The number of nitro groups is 1. The number of non-ortho nitro benzene ring substituents is 1. The lowest BCUT2D eigenvalue weighted by Gasteiger charge is -2.17. The van der Waals surface area contributed by atoms with Crippen LogP contribution in [0.4, 0.5) is 5.69 Å². The highest BCUT2D eigenvalue weighted by Crippen LogP contribution is 2.26. The van der Waals surface area contributed by atoms with Crippen LogP contribution >= 0.6 is 11.8 Å². The summed E-state index contributed by atoms with van der Waals surface area (Å²) in [4.78, 5) is 35.4. The SMILES string of the molecule is COc1ccccc1CNC(=O)C(C)OC(=O)C(C)Sc1ccc([N+](=O)[O-])cc1. The van der Waals surface area contributed by atoms with Gasteiger partial charge in [0.25, 0.3) is 11.6 Å². The number of carbonyl (C=O) groups excluding carboxylic acids is 2. The van der Waals surface area contributed by atoms with Crippen molar-refractivity contribution in [1.29, 1.82) is 0 Å². The molecule has 29 heavy (non-hydrogen) atoms. The number of methoxy groups -OCH3 is 1.